The summed E-state index contributed by atoms with van der Waals surface area (Å²) in [4.78, 5) is 26.2. The topological polar surface area (TPSA) is 55.4 Å². The Morgan fingerprint density at radius 1 is 1.14 bits per heavy atom. The molecule has 1 atom stereocenters. The number of ether oxygens (including phenoxy) is 1. The van der Waals surface area contributed by atoms with Gasteiger partial charge in [0.15, 0.2) is 5.78 Å². The van der Waals surface area contributed by atoms with Crippen LogP contribution in [0.15, 0.2) is 65.0 Å². The summed E-state index contributed by atoms with van der Waals surface area (Å²) in [6.45, 7) is 8.22. The predicted octanol–water partition coefficient (Wildman–Crippen LogP) is 5.01. The highest BCUT2D eigenvalue weighted by atomic mass is 16.5. The van der Waals surface area contributed by atoms with Gasteiger partial charge in [0.05, 0.1) is 12.2 Å². The number of benzene rings is 2. The van der Waals surface area contributed by atoms with E-state index in [1.807, 2.05) is 25.1 Å². The summed E-state index contributed by atoms with van der Waals surface area (Å²) in [7, 11) is 0. The van der Waals surface area contributed by atoms with Crippen molar-refractivity contribution in [1.29, 1.82) is 0 Å². The van der Waals surface area contributed by atoms with Gasteiger partial charge in [-0.3, -0.25) is 4.79 Å². The van der Waals surface area contributed by atoms with Crippen LogP contribution in [0.25, 0.3) is 10.8 Å². The molecule has 0 fully saturated rings. The summed E-state index contributed by atoms with van der Waals surface area (Å²) in [5.41, 5.74) is 3.81. The average molecular weight is 389 g/mol. The van der Waals surface area contributed by atoms with E-state index in [0.29, 0.717) is 24.2 Å². The van der Waals surface area contributed by atoms with Gasteiger partial charge in [-0.2, -0.15) is 0 Å². The van der Waals surface area contributed by atoms with Crippen molar-refractivity contribution < 1.29 is 14.3 Å². The molecule has 4 nitrogen and oxygen atoms in total. The van der Waals surface area contributed by atoms with Crippen molar-refractivity contribution in [2.75, 3.05) is 6.61 Å². The summed E-state index contributed by atoms with van der Waals surface area (Å²) in [5, 5.41) is 5.59. The number of Topliss-reactive ketones (excluding diaryl/α,β-unsaturated/α-hetero) is 1. The van der Waals surface area contributed by atoms with E-state index in [0.717, 1.165) is 34.2 Å². The number of dihydropyridines is 1. The summed E-state index contributed by atoms with van der Waals surface area (Å²) in [6, 6.07) is 14.3. The fraction of sp³-hybridized carbons (Fsp3) is 0.360. The van der Waals surface area contributed by atoms with Crippen molar-refractivity contribution in [1.82, 2.24) is 5.32 Å². The van der Waals surface area contributed by atoms with Crippen LogP contribution in [0.3, 0.4) is 0 Å². The normalized spacial score (nSPS) is 21.1. The van der Waals surface area contributed by atoms with Crippen LogP contribution in [-0.4, -0.2) is 18.4 Å². The quantitative estimate of drug-likeness (QED) is 0.750. The van der Waals surface area contributed by atoms with Crippen LogP contribution in [0.4, 0.5) is 0 Å². The van der Waals surface area contributed by atoms with E-state index in [4.69, 9.17) is 4.74 Å². The smallest absolute Gasteiger partial charge is 0.336 e. The molecule has 1 aliphatic heterocycles. The number of carbonyl (C=O) groups is 2. The molecule has 0 amide bonds. The van der Waals surface area contributed by atoms with Gasteiger partial charge in [0.25, 0.3) is 0 Å². The van der Waals surface area contributed by atoms with Crippen molar-refractivity contribution in [2.24, 2.45) is 5.41 Å². The lowest BCUT2D eigenvalue weighted by Gasteiger charge is -2.39. The lowest BCUT2D eigenvalue weighted by atomic mass is 9.68. The molecular weight excluding hydrogens is 362 g/mol. The van der Waals surface area contributed by atoms with Gasteiger partial charge in [0.1, 0.15) is 0 Å². The third-order valence-corrected chi connectivity index (χ3v) is 5.84. The van der Waals surface area contributed by atoms with Gasteiger partial charge in [-0.25, -0.2) is 4.79 Å². The van der Waals surface area contributed by atoms with Crippen molar-refractivity contribution >= 4 is 22.5 Å². The molecular formula is C25H27NO3. The van der Waals surface area contributed by atoms with E-state index < -0.39 is 5.92 Å². The van der Waals surface area contributed by atoms with E-state index in [1.165, 1.54) is 0 Å². The Balaban J connectivity index is 1.91. The van der Waals surface area contributed by atoms with Crippen LogP contribution in [0.1, 0.15) is 52.0 Å². The second-order valence-electron chi connectivity index (χ2n) is 8.76. The van der Waals surface area contributed by atoms with E-state index >= 15 is 0 Å². The van der Waals surface area contributed by atoms with Crippen LogP contribution in [0.2, 0.25) is 0 Å². The molecule has 0 saturated carbocycles. The minimum Gasteiger partial charge on any atom is -0.463 e. The molecule has 0 saturated heterocycles. The van der Waals surface area contributed by atoms with E-state index in [1.54, 1.807) is 6.92 Å². The van der Waals surface area contributed by atoms with Crippen molar-refractivity contribution in [2.45, 2.75) is 46.5 Å². The van der Waals surface area contributed by atoms with Crippen LogP contribution in [-0.2, 0) is 14.3 Å². The first kappa shape index (κ1) is 19.4. The Labute approximate surface area is 171 Å². The first-order valence-electron chi connectivity index (χ1n) is 10.2. The zero-order chi connectivity index (χ0) is 20.8. The number of esters is 1. The van der Waals surface area contributed by atoms with Gasteiger partial charge < -0.3 is 10.1 Å². The Hall–Kier alpha value is -2.88. The molecule has 29 heavy (non-hydrogen) atoms. The van der Waals surface area contributed by atoms with Gasteiger partial charge in [-0.1, -0.05) is 56.3 Å². The van der Waals surface area contributed by atoms with Crippen LogP contribution >= 0.6 is 0 Å². The van der Waals surface area contributed by atoms with E-state index in [9.17, 15) is 9.59 Å². The maximum Gasteiger partial charge on any atom is 0.336 e. The molecule has 1 N–H and O–H groups in total. The average Bonchev–Trinajstić information content (AvgIpc) is 2.65. The molecule has 0 radical (unpaired) electrons. The highest BCUT2D eigenvalue weighted by Gasteiger charge is 2.43. The third kappa shape index (κ3) is 3.48. The number of rotatable bonds is 3. The van der Waals surface area contributed by atoms with Crippen LogP contribution < -0.4 is 5.32 Å². The fourth-order valence-electron chi connectivity index (χ4n) is 4.64. The van der Waals surface area contributed by atoms with Gasteiger partial charge >= 0.3 is 5.97 Å². The van der Waals surface area contributed by atoms with E-state index in [-0.39, 0.29) is 17.2 Å². The molecule has 1 heterocycles. The maximum atomic E-state index is 13.3. The van der Waals surface area contributed by atoms with Gasteiger partial charge in [-0.05, 0) is 42.0 Å². The molecule has 1 aliphatic carbocycles. The number of fused-ring (bicyclic) bond motifs is 1. The number of ketones is 1. The molecule has 0 aromatic heterocycles. The SMILES string of the molecule is CCOC(=O)C1=C(C)NC2=C(C(=O)CC(C)(C)C2)C1c1ccc2ccccc2c1. The molecule has 0 bridgehead atoms. The van der Waals surface area contributed by atoms with E-state index in [2.05, 4.69) is 43.4 Å². The number of hydrogen-bond donors (Lipinski definition) is 1. The molecule has 4 heteroatoms. The van der Waals surface area contributed by atoms with Crippen molar-refractivity contribution in [3.05, 3.63) is 70.6 Å². The molecule has 2 aromatic rings. The summed E-state index contributed by atoms with van der Waals surface area (Å²) in [5.74, 6) is -0.658. The molecule has 2 aliphatic rings. The molecule has 4 rings (SSSR count). The largest absolute Gasteiger partial charge is 0.463 e. The van der Waals surface area contributed by atoms with Crippen molar-refractivity contribution in [3.63, 3.8) is 0 Å². The Morgan fingerprint density at radius 3 is 2.59 bits per heavy atom. The lowest BCUT2D eigenvalue weighted by molar-refractivity contribution is -0.138. The van der Waals surface area contributed by atoms with Gasteiger partial charge in [0, 0.05) is 29.3 Å². The summed E-state index contributed by atoms with van der Waals surface area (Å²) < 4.78 is 5.38. The molecule has 2 aromatic carbocycles. The van der Waals surface area contributed by atoms with Crippen molar-refractivity contribution in [3.8, 4) is 0 Å². The fourth-order valence-corrected chi connectivity index (χ4v) is 4.64. The van der Waals surface area contributed by atoms with Gasteiger partial charge in [0.2, 0.25) is 0 Å². The predicted molar refractivity (Wildman–Crippen MR) is 114 cm³/mol. The monoisotopic (exact) mass is 389 g/mol. The van der Waals surface area contributed by atoms with Gasteiger partial charge in [-0.15, -0.1) is 0 Å². The highest BCUT2D eigenvalue weighted by molar-refractivity contribution is 6.04. The Morgan fingerprint density at radius 2 is 1.86 bits per heavy atom. The minimum atomic E-state index is -0.404. The zero-order valence-electron chi connectivity index (χ0n) is 17.5. The Kier molecular flexibility index (Phi) is 4.81. The first-order chi connectivity index (χ1) is 13.8. The number of hydrogen-bond acceptors (Lipinski definition) is 4. The highest BCUT2D eigenvalue weighted by Crippen LogP contribution is 2.47. The standard InChI is InChI=1S/C25H27NO3/c1-5-29-24(28)21-15(2)26-19-13-25(3,4)14-20(27)23(19)22(21)18-11-10-16-8-6-7-9-17(16)12-18/h6-12,22,26H,5,13-14H2,1-4H3. The number of allylic oxidation sites excluding steroid dienone is 3. The number of nitrogens with one attached hydrogen (secondary N) is 1. The second-order valence-corrected chi connectivity index (χ2v) is 8.76. The lowest BCUT2D eigenvalue weighted by Crippen LogP contribution is -2.38. The van der Waals surface area contributed by atoms with Crippen LogP contribution in [0, 0.1) is 5.41 Å². The Bertz CT molecular complexity index is 1070. The number of carbonyl (C=O) groups excluding carboxylic acids is 2. The minimum absolute atomic E-state index is 0.0986. The zero-order valence-corrected chi connectivity index (χ0v) is 17.5. The first-order valence-corrected chi connectivity index (χ1v) is 10.2. The van der Waals surface area contributed by atoms with Crippen LogP contribution in [0.5, 0.6) is 0 Å². The molecule has 0 spiro atoms. The summed E-state index contributed by atoms with van der Waals surface area (Å²) >= 11 is 0. The molecule has 1 unspecified atom stereocenters. The second kappa shape index (κ2) is 7.18. The summed E-state index contributed by atoms with van der Waals surface area (Å²) in [6.07, 6.45) is 1.26. The molecule has 150 valence electrons. The third-order valence-electron chi connectivity index (χ3n) is 5.84. The maximum absolute atomic E-state index is 13.3.